The van der Waals surface area contributed by atoms with Crippen molar-refractivity contribution in [2.24, 2.45) is 0 Å². The summed E-state index contributed by atoms with van der Waals surface area (Å²) >= 11 is 0. The lowest BCUT2D eigenvalue weighted by Crippen LogP contribution is -1.85. The predicted molar refractivity (Wildman–Crippen MR) is 50.7 cm³/mol. The highest BCUT2D eigenvalue weighted by Gasteiger charge is 2.10. The second kappa shape index (κ2) is 3.44. The van der Waals surface area contributed by atoms with Crippen molar-refractivity contribution in [2.75, 3.05) is 6.61 Å². The smallest absolute Gasteiger partial charge is 0.142 e. The zero-order valence-electron chi connectivity index (χ0n) is 7.19. The second-order valence-corrected chi connectivity index (χ2v) is 2.96. The highest BCUT2D eigenvalue weighted by molar-refractivity contribution is 5.74. The van der Waals surface area contributed by atoms with Crippen LogP contribution in [0.1, 0.15) is 11.1 Å². The van der Waals surface area contributed by atoms with E-state index < -0.39 is 0 Å². The molecule has 66 valence electrons. The standard InChI is InChI=1S/C11H10O2/c12-6-1-2-9-3-4-11-10(8-9)5-7-13-11/h1-4,6,8H,5,7H2/b2-1+. The van der Waals surface area contributed by atoms with Crippen molar-refractivity contribution >= 4 is 12.4 Å². The van der Waals surface area contributed by atoms with Gasteiger partial charge in [0.15, 0.2) is 0 Å². The molecule has 13 heavy (non-hydrogen) atoms. The first-order valence-electron chi connectivity index (χ1n) is 4.28. The van der Waals surface area contributed by atoms with Gasteiger partial charge in [0.1, 0.15) is 12.0 Å². The average molecular weight is 174 g/mol. The lowest BCUT2D eigenvalue weighted by atomic mass is 10.1. The number of carbonyl (C=O) groups is 1. The van der Waals surface area contributed by atoms with Crippen molar-refractivity contribution in [3.05, 3.63) is 35.4 Å². The molecule has 1 heterocycles. The number of carbonyl (C=O) groups excluding carboxylic acids is 1. The number of ether oxygens (including phenoxy) is 1. The Morgan fingerprint density at radius 1 is 1.38 bits per heavy atom. The summed E-state index contributed by atoms with van der Waals surface area (Å²) in [5.74, 6) is 0.975. The van der Waals surface area contributed by atoms with Gasteiger partial charge in [0.2, 0.25) is 0 Å². The van der Waals surface area contributed by atoms with Crippen LogP contribution in [0.15, 0.2) is 24.3 Å². The van der Waals surface area contributed by atoms with Gasteiger partial charge in [-0.2, -0.15) is 0 Å². The fourth-order valence-electron chi connectivity index (χ4n) is 1.46. The molecule has 0 aromatic heterocycles. The Balaban J connectivity index is 2.30. The van der Waals surface area contributed by atoms with Crippen LogP contribution in [0, 0.1) is 0 Å². The van der Waals surface area contributed by atoms with Crippen molar-refractivity contribution < 1.29 is 9.53 Å². The molecule has 0 amide bonds. The summed E-state index contributed by atoms with van der Waals surface area (Å²) in [6.45, 7) is 0.774. The maximum absolute atomic E-state index is 10.1. The Kier molecular flexibility index (Phi) is 2.13. The maximum atomic E-state index is 10.1. The molecule has 1 aliphatic heterocycles. The summed E-state index contributed by atoms with van der Waals surface area (Å²) in [6.07, 6.45) is 5.05. The van der Waals surface area contributed by atoms with E-state index in [1.165, 1.54) is 11.6 Å². The van der Waals surface area contributed by atoms with Crippen molar-refractivity contribution in [2.45, 2.75) is 6.42 Å². The van der Waals surface area contributed by atoms with Crippen LogP contribution in [-0.2, 0) is 11.2 Å². The van der Waals surface area contributed by atoms with E-state index in [9.17, 15) is 4.79 Å². The van der Waals surface area contributed by atoms with Crippen LogP contribution >= 0.6 is 0 Å². The molecule has 0 aliphatic carbocycles. The molecule has 0 N–H and O–H groups in total. The molecule has 1 aromatic rings. The molecule has 2 rings (SSSR count). The number of benzene rings is 1. The molecule has 0 saturated heterocycles. The van der Waals surface area contributed by atoms with E-state index in [4.69, 9.17) is 4.74 Å². The molecular weight excluding hydrogens is 164 g/mol. The molecule has 0 bridgehead atoms. The fraction of sp³-hybridized carbons (Fsp3) is 0.182. The van der Waals surface area contributed by atoms with E-state index in [1.807, 2.05) is 12.1 Å². The third kappa shape index (κ3) is 1.61. The molecule has 2 heteroatoms. The normalized spacial score (nSPS) is 14.2. The summed E-state index contributed by atoms with van der Waals surface area (Å²) in [5, 5.41) is 0. The van der Waals surface area contributed by atoms with Gasteiger partial charge in [-0.1, -0.05) is 12.1 Å². The molecule has 0 spiro atoms. The molecule has 1 aliphatic rings. The van der Waals surface area contributed by atoms with Gasteiger partial charge in [-0.25, -0.2) is 0 Å². The summed E-state index contributed by atoms with van der Waals surface area (Å²) in [7, 11) is 0. The summed E-state index contributed by atoms with van der Waals surface area (Å²) in [6, 6.07) is 5.96. The number of hydrogen-bond donors (Lipinski definition) is 0. The van der Waals surface area contributed by atoms with Crippen LogP contribution in [0.2, 0.25) is 0 Å². The molecule has 0 atom stereocenters. The van der Waals surface area contributed by atoms with Gasteiger partial charge in [0, 0.05) is 6.42 Å². The van der Waals surface area contributed by atoms with Crippen molar-refractivity contribution in [3.63, 3.8) is 0 Å². The quantitative estimate of drug-likeness (QED) is 0.505. The van der Waals surface area contributed by atoms with Gasteiger partial charge in [-0.05, 0) is 29.3 Å². The van der Waals surface area contributed by atoms with Gasteiger partial charge in [0.25, 0.3) is 0 Å². The predicted octanol–water partition coefficient (Wildman–Crippen LogP) is 1.83. The maximum Gasteiger partial charge on any atom is 0.142 e. The summed E-state index contributed by atoms with van der Waals surface area (Å²) in [4.78, 5) is 10.1. The van der Waals surface area contributed by atoms with Crippen LogP contribution in [0.5, 0.6) is 5.75 Å². The van der Waals surface area contributed by atoms with Gasteiger partial charge in [-0.15, -0.1) is 0 Å². The van der Waals surface area contributed by atoms with Gasteiger partial charge >= 0.3 is 0 Å². The molecule has 1 aromatic carbocycles. The molecule has 0 saturated carbocycles. The topological polar surface area (TPSA) is 26.3 Å². The number of rotatable bonds is 2. The zero-order chi connectivity index (χ0) is 9.10. The zero-order valence-corrected chi connectivity index (χ0v) is 7.19. The van der Waals surface area contributed by atoms with E-state index >= 15 is 0 Å². The molecular formula is C11H10O2. The van der Waals surface area contributed by atoms with Gasteiger partial charge in [0.05, 0.1) is 6.61 Å². The van der Waals surface area contributed by atoms with Crippen molar-refractivity contribution in [3.8, 4) is 5.75 Å². The SMILES string of the molecule is O=C/C=C/c1ccc2c(c1)CCO2. The lowest BCUT2D eigenvalue weighted by Gasteiger charge is -1.98. The van der Waals surface area contributed by atoms with Crippen LogP contribution in [-0.4, -0.2) is 12.9 Å². The Morgan fingerprint density at radius 2 is 2.31 bits per heavy atom. The van der Waals surface area contributed by atoms with E-state index in [0.717, 1.165) is 30.6 Å². The lowest BCUT2D eigenvalue weighted by molar-refractivity contribution is -0.104. The monoisotopic (exact) mass is 174 g/mol. The summed E-state index contributed by atoms with van der Waals surface area (Å²) < 4.78 is 5.36. The van der Waals surface area contributed by atoms with Crippen LogP contribution < -0.4 is 4.74 Å². The van der Waals surface area contributed by atoms with E-state index in [-0.39, 0.29) is 0 Å². The Labute approximate surface area is 76.8 Å². The fourth-order valence-corrected chi connectivity index (χ4v) is 1.46. The van der Waals surface area contributed by atoms with Crippen LogP contribution in [0.3, 0.4) is 0 Å². The average Bonchev–Trinajstić information content (AvgIpc) is 2.61. The second-order valence-electron chi connectivity index (χ2n) is 2.96. The third-order valence-corrected chi connectivity index (χ3v) is 2.08. The summed E-state index contributed by atoms with van der Waals surface area (Å²) in [5.41, 5.74) is 2.28. The van der Waals surface area contributed by atoms with Crippen LogP contribution in [0.25, 0.3) is 6.08 Å². The molecule has 2 nitrogen and oxygen atoms in total. The van der Waals surface area contributed by atoms with E-state index in [2.05, 4.69) is 6.07 Å². The first-order valence-corrected chi connectivity index (χ1v) is 4.28. The van der Waals surface area contributed by atoms with E-state index in [0.29, 0.717) is 0 Å². The van der Waals surface area contributed by atoms with E-state index in [1.54, 1.807) is 6.08 Å². The first-order chi connectivity index (χ1) is 6.40. The Hall–Kier alpha value is -1.57. The number of allylic oxidation sites excluding steroid dienone is 1. The Bertz CT molecular complexity index is 353. The molecule has 0 fully saturated rings. The minimum atomic E-state index is 0.774. The van der Waals surface area contributed by atoms with Gasteiger partial charge < -0.3 is 4.74 Å². The van der Waals surface area contributed by atoms with Gasteiger partial charge in [-0.3, -0.25) is 4.79 Å². The van der Waals surface area contributed by atoms with Crippen LogP contribution in [0.4, 0.5) is 0 Å². The largest absolute Gasteiger partial charge is 0.493 e. The number of fused-ring (bicyclic) bond motifs is 1. The molecule has 0 unspecified atom stereocenters. The minimum Gasteiger partial charge on any atom is -0.493 e. The first kappa shape index (κ1) is 8.05. The third-order valence-electron chi connectivity index (χ3n) is 2.08. The Morgan fingerprint density at radius 3 is 3.15 bits per heavy atom. The minimum absolute atomic E-state index is 0.774. The molecule has 0 radical (unpaired) electrons. The van der Waals surface area contributed by atoms with Crippen molar-refractivity contribution in [1.29, 1.82) is 0 Å². The number of aldehydes is 1. The highest BCUT2D eigenvalue weighted by atomic mass is 16.5. The number of hydrogen-bond acceptors (Lipinski definition) is 2. The van der Waals surface area contributed by atoms with Crippen molar-refractivity contribution in [1.82, 2.24) is 0 Å². The highest BCUT2D eigenvalue weighted by Crippen LogP contribution is 2.26.